The first-order chi connectivity index (χ1) is 9.62. The Morgan fingerprint density at radius 3 is 2.50 bits per heavy atom. The lowest BCUT2D eigenvalue weighted by Crippen LogP contribution is -2.16. The van der Waals surface area contributed by atoms with Crippen LogP contribution < -0.4 is 0 Å². The molecule has 0 aromatic rings. The van der Waals surface area contributed by atoms with Crippen molar-refractivity contribution < 1.29 is 29.3 Å². The zero-order valence-electron chi connectivity index (χ0n) is 11.9. The lowest BCUT2D eigenvalue weighted by atomic mass is 10.3. The Balaban J connectivity index is 0. The molecule has 2 N–H and O–H groups in total. The first-order valence-corrected chi connectivity index (χ1v) is 6.31. The van der Waals surface area contributed by atoms with Crippen LogP contribution in [0, 0.1) is 0 Å². The molecular formula is C13H23NO6. The number of isocyanates is 1. The van der Waals surface area contributed by atoms with Gasteiger partial charge in [0.15, 0.2) is 0 Å². The number of ether oxygens (including phenoxy) is 2. The molecule has 0 rings (SSSR count). The number of rotatable bonds is 9. The Bertz CT molecular complexity index is 299. The third kappa shape index (κ3) is 19.0. The van der Waals surface area contributed by atoms with Gasteiger partial charge in [-0.15, -0.1) is 4.99 Å². The average Bonchev–Trinajstić information content (AvgIpc) is 2.43. The summed E-state index contributed by atoms with van der Waals surface area (Å²) in [4.78, 5) is 22.3. The second-order valence-corrected chi connectivity index (χ2v) is 3.51. The maximum absolute atomic E-state index is 10.1. The number of aliphatic imine (C=N–C) groups is 1. The van der Waals surface area contributed by atoms with Gasteiger partial charge < -0.3 is 19.7 Å². The standard InChI is InChI=1S/C8H18O4.C5H5NO2/c1-2-8(10)7-12-6-5-11-4-3-9;1-2-3-5(8)6-4-7/h8-10H,2-7H2,1H3;2-3H,1H3/b;3-2+. The quantitative estimate of drug-likeness (QED) is 0.272. The number of carbonyl (C=O) groups is 1. The minimum Gasteiger partial charge on any atom is -0.394 e. The van der Waals surface area contributed by atoms with Gasteiger partial charge in [0.05, 0.1) is 39.1 Å². The number of hydrogen-bond acceptors (Lipinski definition) is 6. The summed E-state index contributed by atoms with van der Waals surface area (Å²) in [5.74, 6) is -0.567. The second kappa shape index (κ2) is 17.6. The predicted molar refractivity (Wildman–Crippen MR) is 73.0 cm³/mol. The van der Waals surface area contributed by atoms with Gasteiger partial charge >= 0.3 is 0 Å². The Kier molecular flexibility index (Phi) is 18.5. The number of allylic oxidation sites excluding steroid dienone is 1. The number of aliphatic hydroxyl groups excluding tert-OH is 2. The van der Waals surface area contributed by atoms with E-state index in [1.54, 1.807) is 6.92 Å². The molecule has 0 aliphatic rings. The zero-order chi connectivity index (χ0) is 15.6. The molecule has 0 aliphatic heterocycles. The van der Waals surface area contributed by atoms with Crippen molar-refractivity contribution in [3.05, 3.63) is 12.2 Å². The van der Waals surface area contributed by atoms with Gasteiger partial charge in [0.1, 0.15) is 0 Å². The van der Waals surface area contributed by atoms with Crippen molar-refractivity contribution in [2.24, 2.45) is 4.99 Å². The van der Waals surface area contributed by atoms with Gasteiger partial charge in [-0.05, 0) is 13.3 Å². The van der Waals surface area contributed by atoms with Crippen LogP contribution in [-0.2, 0) is 19.1 Å². The van der Waals surface area contributed by atoms with Crippen LogP contribution in [0.25, 0.3) is 0 Å². The van der Waals surface area contributed by atoms with Crippen LogP contribution in [-0.4, -0.2) is 61.3 Å². The van der Waals surface area contributed by atoms with Gasteiger partial charge in [-0.2, -0.15) is 0 Å². The van der Waals surface area contributed by atoms with Crippen LogP contribution in [0.15, 0.2) is 17.1 Å². The molecule has 7 nitrogen and oxygen atoms in total. The van der Waals surface area contributed by atoms with E-state index >= 15 is 0 Å². The largest absolute Gasteiger partial charge is 0.394 e. The lowest BCUT2D eigenvalue weighted by Gasteiger charge is -2.08. The van der Waals surface area contributed by atoms with E-state index in [2.05, 4.69) is 4.99 Å². The highest BCUT2D eigenvalue weighted by molar-refractivity contribution is 5.91. The Morgan fingerprint density at radius 1 is 1.35 bits per heavy atom. The van der Waals surface area contributed by atoms with Crippen molar-refractivity contribution in [1.29, 1.82) is 0 Å². The fourth-order valence-corrected chi connectivity index (χ4v) is 0.847. The molecule has 1 atom stereocenters. The summed E-state index contributed by atoms with van der Waals surface area (Å²) in [5.41, 5.74) is 0. The van der Waals surface area contributed by atoms with Crippen molar-refractivity contribution in [3.8, 4) is 0 Å². The number of aliphatic hydroxyl groups is 2. The van der Waals surface area contributed by atoms with E-state index in [1.165, 1.54) is 12.2 Å². The van der Waals surface area contributed by atoms with Crippen molar-refractivity contribution in [3.63, 3.8) is 0 Å². The zero-order valence-corrected chi connectivity index (χ0v) is 11.9. The molecule has 0 bridgehead atoms. The third-order valence-electron chi connectivity index (χ3n) is 1.85. The van der Waals surface area contributed by atoms with Crippen molar-refractivity contribution >= 4 is 12.0 Å². The van der Waals surface area contributed by atoms with E-state index in [0.29, 0.717) is 32.8 Å². The van der Waals surface area contributed by atoms with E-state index in [4.69, 9.17) is 19.7 Å². The number of amides is 1. The van der Waals surface area contributed by atoms with Gasteiger partial charge in [-0.1, -0.05) is 13.0 Å². The summed E-state index contributed by atoms with van der Waals surface area (Å²) < 4.78 is 10.0. The highest BCUT2D eigenvalue weighted by Crippen LogP contribution is 1.90. The van der Waals surface area contributed by atoms with Gasteiger partial charge in [0.25, 0.3) is 5.91 Å². The minimum absolute atomic E-state index is 0.0393. The van der Waals surface area contributed by atoms with E-state index in [-0.39, 0.29) is 12.7 Å². The molecular weight excluding hydrogens is 266 g/mol. The van der Waals surface area contributed by atoms with Crippen molar-refractivity contribution in [1.82, 2.24) is 0 Å². The topological polar surface area (TPSA) is 105 Å². The Hall–Kier alpha value is -1.37. The molecule has 0 heterocycles. The molecule has 0 saturated heterocycles. The molecule has 1 unspecified atom stereocenters. The highest BCUT2D eigenvalue weighted by Gasteiger charge is 1.98. The van der Waals surface area contributed by atoms with E-state index in [9.17, 15) is 9.59 Å². The van der Waals surface area contributed by atoms with Gasteiger partial charge in [-0.3, -0.25) is 4.79 Å². The fourth-order valence-electron chi connectivity index (χ4n) is 0.847. The summed E-state index contributed by atoms with van der Waals surface area (Å²) in [6, 6.07) is 0. The summed E-state index contributed by atoms with van der Waals surface area (Å²) >= 11 is 0. The molecule has 0 aliphatic carbocycles. The first-order valence-electron chi connectivity index (χ1n) is 6.31. The van der Waals surface area contributed by atoms with Crippen LogP contribution in [0.5, 0.6) is 0 Å². The fraction of sp³-hybridized carbons (Fsp3) is 0.692. The number of carbonyl (C=O) groups excluding carboxylic acids is 2. The lowest BCUT2D eigenvalue weighted by molar-refractivity contribution is -0.113. The van der Waals surface area contributed by atoms with Gasteiger partial charge in [0.2, 0.25) is 6.08 Å². The normalized spacial score (nSPS) is 11.4. The Labute approximate surface area is 118 Å². The molecule has 1 amide bonds. The average molecular weight is 289 g/mol. The second-order valence-electron chi connectivity index (χ2n) is 3.51. The molecule has 0 saturated carbocycles. The maximum Gasteiger partial charge on any atom is 0.280 e. The van der Waals surface area contributed by atoms with Crippen LogP contribution in [0.4, 0.5) is 0 Å². The molecule has 20 heavy (non-hydrogen) atoms. The third-order valence-corrected chi connectivity index (χ3v) is 1.85. The molecule has 116 valence electrons. The van der Waals surface area contributed by atoms with Crippen LogP contribution >= 0.6 is 0 Å². The smallest absolute Gasteiger partial charge is 0.280 e. The molecule has 0 spiro atoms. The molecule has 0 aromatic carbocycles. The van der Waals surface area contributed by atoms with Crippen LogP contribution in [0.1, 0.15) is 20.3 Å². The Morgan fingerprint density at radius 2 is 2.00 bits per heavy atom. The van der Waals surface area contributed by atoms with Gasteiger partial charge in [0, 0.05) is 6.08 Å². The summed E-state index contributed by atoms with van der Waals surface area (Å²) in [6.45, 7) is 5.25. The van der Waals surface area contributed by atoms with E-state index in [1.807, 2.05) is 6.92 Å². The van der Waals surface area contributed by atoms with E-state index < -0.39 is 5.91 Å². The molecule has 7 heteroatoms. The minimum atomic E-state index is -0.567. The highest BCUT2D eigenvalue weighted by atomic mass is 16.5. The maximum atomic E-state index is 10.1. The first kappa shape index (κ1) is 20.9. The van der Waals surface area contributed by atoms with Crippen LogP contribution in [0.3, 0.4) is 0 Å². The molecule has 0 aromatic heterocycles. The number of nitrogens with zero attached hydrogens (tertiary/aromatic N) is 1. The summed E-state index contributed by atoms with van der Waals surface area (Å²) in [7, 11) is 0. The molecule has 0 fully saturated rings. The molecule has 0 radical (unpaired) electrons. The SMILES string of the molecule is C/C=C/C(=O)N=C=O.CCC(O)COCCOCCO. The number of hydrogen-bond donors (Lipinski definition) is 2. The van der Waals surface area contributed by atoms with Crippen molar-refractivity contribution in [2.75, 3.05) is 33.0 Å². The predicted octanol–water partition coefficient (Wildman–Crippen LogP) is 0.208. The summed E-state index contributed by atoms with van der Waals surface area (Å²) in [5, 5.41) is 17.4. The van der Waals surface area contributed by atoms with Gasteiger partial charge in [-0.25, -0.2) is 4.79 Å². The van der Waals surface area contributed by atoms with Crippen LogP contribution in [0.2, 0.25) is 0 Å². The monoisotopic (exact) mass is 289 g/mol. The van der Waals surface area contributed by atoms with Crippen molar-refractivity contribution in [2.45, 2.75) is 26.4 Å². The summed E-state index contributed by atoms with van der Waals surface area (Å²) in [6.07, 6.45) is 4.15. The van der Waals surface area contributed by atoms with E-state index in [0.717, 1.165) is 6.08 Å².